The third kappa shape index (κ3) is 4.18. The van der Waals surface area contributed by atoms with Crippen LogP contribution in [0.15, 0.2) is 12.3 Å². The highest BCUT2D eigenvalue weighted by Gasteiger charge is 2.25. The summed E-state index contributed by atoms with van der Waals surface area (Å²) in [5.41, 5.74) is 0.949. The maximum atomic E-state index is 12.4. The molecule has 1 aliphatic rings. The number of rotatable bonds is 7. The molecule has 0 amide bonds. The highest BCUT2D eigenvalue weighted by Crippen LogP contribution is 2.31. The first-order chi connectivity index (χ1) is 10.2. The molecule has 1 aliphatic carbocycles. The van der Waals surface area contributed by atoms with Crippen LogP contribution in [0.5, 0.6) is 0 Å². The molecular formula is C18H30N2O. The highest BCUT2D eigenvalue weighted by atomic mass is 16.1. The van der Waals surface area contributed by atoms with E-state index in [-0.39, 0.29) is 5.92 Å². The third-order valence-corrected chi connectivity index (χ3v) is 5.21. The molecule has 3 nitrogen and oxygen atoms in total. The van der Waals surface area contributed by atoms with Crippen LogP contribution in [-0.4, -0.2) is 15.6 Å². The smallest absolute Gasteiger partial charge is 0.141 e. The summed E-state index contributed by atoms with van der Waals surface area (Å²) in [6, 6.07) is 2.49. The summed E-state index contributed by atoms with van der Waals surface area (Å²) in [6.45, 7) is 6.64. The van der Waals surface area contributed by atoms with Gasteiger partial charge in [0, 0.05) is 12.1 Å². The molecule has 1 aromatic heterocycles. The van der Waals surface area contributed by atoms with Gasteiger partial charge >= 0.3 is 0 Å². The molecular weight excluding hydrogens is 260 g/mol. The maximum absolute atomic E-state index is 12.4. The molecule has 0 aliphatic heterocycles. The molecule has 0 radical (unpaired) electrons. The van der Waals surface area contributed by atoms with E-state index in [0.29, 0.717) is 18.2 Å². The number of hydrogen-bond donors (Lipinski definition) is 0. The van der Waals surface area contributed by atoms with Crippen LogP contribution in [0, 0.1) is 11.8 Å². The van der Waals surface area contributed by atoms with E-state index in [1.807, 2.05) is 16.9 Å². The first-order valence-electron chi connectivity index (χ1n) is 8.74. The van der Waals surface area contributed by atoms with E-state index in [0.717, 1.165) is 37.3 Å². The average Bonchev–Trinajstić information content (AvgIpc) is 2.97. The summed E-state index contributed by atoms with van der Waals surface area (Å²) in [4.78, 5) is 12.4. The second-order valence-corrected chi connectivity index (χ2v) is 6.53. The highest BCUT2D eigenvalue weighted by molar-refractivity contribution is 5.82. The molecule has 1 saturated carbocycles. The van der Waals surface area contributed by atoms with Gasteiger partial charge in [0.25, 0.3) is 0 Å². The van der Waals surface area contributed by atoms with Gasteiger partial charge in [0.15, 0.2) is 0 Å². The molecule has 2 rings (SSSR count). The number of nitrogens with zero attached hydrogens (tertiary/aromatic N) is 2. The fourth-order valence-electron chi connectivity index (χ4n) is 3.55. The van der Waals surface area contributed by atoms with Gasteiger partial charge in [-0.3, -0.25) is 9.48 Å². The fourth-order valence-corrected chi connectivity index (χ4v) is 3.55. The number of aromatic nitrogens is 2. The fraction of sp³-hybridized carbons (Fsp3) is 0.778. The van der Waals surface area contributed by atoms with E-state index in [1.165, 1.54) is 19.3 Å². The SMILES string of the molecule is CCC1CCC(C(=O)Cc2ccn(C(CC)CC)n2)CC1. The van der Waals surface area contributed by atoms with E-state index < -0.39 is 0 Å². The second kappa shape index (κ2) is 7.77. The van der Waals surface area contributed by atoms with Gasteiger partial charge in [-0.25, -0.2) is 0 Å². The minimum Gasteiger partial charge on any atom is -0.299 e. The van der Waals surface area contributed by atoms with Gasteiger partial charge in [0.05, 0.1) is 18.2 Å². The second-order valence-electron chi connectivity index (χ2n) is 6.53. The summed E-state index contributed by atoms with van der Waals surface area (Å²) < 4.78 is 2.04. The normalized spacial score (nSPS) is 22.7. The van der Waals surface area contributed by atoms with Crippen LogP contribution in [0.2, 0.25) is 0 Å². The Morgan fingerprint density at radius 1 is 1.24 bits per heavy atom. The minimum atomic E-state index is 0.283. The summed E-state index contributed by atoms with van der Waals surface area (Å²) in [5, 5.41) is 4.61. The number of carbonyl (C=O) groups excluding carboxylic acids is 1. The summed E-state index contributed by atoms with van der Waals surface area (Å²) in [6.07, 6.45) is 10.6. The quantitative estimate of drug-likeness (QED) is 0.737. The van der Waals surface area contributed by atoms with Crippen molar-refractivity contribution < 1.29 is 4.79 Å². The van der Waals surface area contributed by atoms with E-state index in [9.17, 15) is 4.79 Å². The molecule has 21 heavy (non-hydrogen) atoms. The maximum Gasteiger partial charge on any atom is 0.141 e. The first-order valence-corrected chi connectivity index (χ1v) is 8.74. The lowest BCUT2D eigenvalue weighted by Gasteiger charge is -2.26. The largest absolute Gasteiger partial charge is 0.299 e. The van der Waals surface area contributed by atoms with Gasteiger partial charge < -0.3 is 0 Å². The predicted octanol–water partition coefficient (Wildman–Crippen LogP) is 4.57. The van der Waals surface area contributed by atoms with Gasteiger partial charge in [-0.05, 0) is 50.5 Å². The predicted molar refractivity (Wildman–Crippen MR) is 86.3 cm³/mol. The number of carbonyl (C=O) groups is 1. The van der Waals surface area contributed by atoms with Crippen LogP contribution in [0.4, 0.5) is 0 Å². The zero-order valence-electron chi connectivity index (χ0n) is 13.8. The molecule has 1 fully saturated rings. The van der Waals surface area contributed by atoms with Crippen molar-refractivity contribution in [2.24, 2.45) is 11.8 Å². The number of Topliss-reactive ketones (excluding diaryl/α,β-unsaturated/α-hetero) is 1. The van der Waals surface area contributed by atoms with E-state index in [4.69, 9.17) is 0 Å². The molecule has 0 N–H and O–H groups in total. The number of hydrogen-bond acceptors (Lipinski definition) is 2. The minimum absolute atomic E-state index is 0.283. The van der Waals surface area contributed by atoms with E-state index >= 15 is 0 Å². The molecule has 3 heteroatoms. The van der Waals surface area contributed by atoms with Crippen molar-refractivity contribution in [1.82, 2.24) is 9.78 Å². The van der Waals surface area contributed by atoms with E-state index in [2.05, 4.69) is 25.9 Å². The van der Waals surface area contributed by atoms with Crippen molar-refractivity contribution in [2.75, 3.05) is 0 Å². The van der Waals surface area contributed by atoms with Gasteiger partial charge in [-0.2, -0.15) is 5.10 Å². The summed E-state index contributed by atoms with van der Waals surface area (Å²) in [7, 11) is 0. The molecule has 0 spiro atoms. The molecule has 0 bridgehead atoms. The molecule has 0 saturated heterocycles. The van der Waals surface area contributed by atoms with Gasteiger partial charge in [0.1, 0.15) is 5.78 Å². The molecule has 0 atom stereocenters. The Morgan fingerprint density at radius 3 is 2.48 bits per heavy atom. The lowest BCUT2D eigenvalue weighted by molar-refractivity contribution is -0.123. The van der Waals surface area contributed by atoms with Crippen LogP contribution >= 0.6 is 0 Å². The average molecular weight is 290 g/mol. The topological polar surface area (TPSA) is 34.9 Å². The first kappa shape index (κ1) is 16.3. The van der Waals surface area contributed by atoms with Gasteiger partial charge in [-0.1, -0.05) is 27.2 Å². The van der Waals surface area contributed by atoms with Crippen molar-refractivity contribution in [2.45, 2.75) is 78.2 Å². The van der Waals surface area contributed by atoms with Crippen LogP contribution < -0.4 is 0 Å². The lowest BCUT2D eigenvalue weighted by Crippen LogP contribution is -2.23. The molecule has 1 heterocycles. The number of ketones is 1. The Morgan fingerprint density at radius 2 is 1.90 bits per heavy atom. The van der Waals surface area contributed by atoms with Crippen LogP contribution in [0.1, 0.15) is 77.5 Å². The van der Waals surface area contributed by atoms with Gasteiger partial charge in [0.2, 0.25) is 0 Å². The zero-order chi connectivity index (χ0) is 15.2. The summed E-state index contributed by atoms with van der Waals surface area (Å²) >= 11 is 0. The standard InChI is InChI=1S/C18H30N2O/c1-4-14-7-9-15(10-8-14)18(21)13-16-11-12-20(19-16)17(5-2)6-3/h11-12,14-15,17H,4-10,13H2,1-3H3. The zero-order valence-corrected chi connectivity index (χ0v) is 13.8. The molecule has 118 valence electrons. The summed E-state index contributed by atoms with van der Waals surface area (Å²) in [5.74, 6) is 1.54. The van der Waals surface area contributed by atoms with Crippen molar-refractivity contribution in [1.29, 1.82) is 0 Å². The Kier molecular flexibility index (Phi) is 6.01. The molecule has 0 aromatic carbocycles. The Hall–Kier alpha value is -1.12. The van der Waals surface area contributed by atoms with Crippen molar-refractivity contribution in [3.63, 3.8) is 0 Å². The lowest BCUT2D eigenvalue weighted by atomic mass is 9.78. The van der Waals surface area contributed by atoms with Crippen molar-refractivity contribution >= 4 is 5.78 Å². The van der Waals surface area contributed by atoms with Crippen LogP contribution in [-0.2, 0) is 11.2 Å². The Balaban J connectivity index is 1.88. The van der Waals surface area contributed by atoms with Gasteiger partial charge in [-0.15, -0.1) is 0 Å². The van der Waals surface area contributed by atoms with Crippen LogP contribution in [0.3, 0.4) is 0 Å². The Bertz CT molecular complexity index is 440. The Labute approximate surface area is 129 Å². The van der Waals surface area contributed by atoms with E-state index in [1.54, 1.807) is 0 Å². The molecule has 0 unspecified atom stereocenters. The third-order valence-electron chi connectivity index (χ3n) is 5.21. The van der Waals surface area contributed by atoms with Crippen molar-refractivity contribution in [3.05, 3.63) is 18.0 Å². The monoisotopic (exact) mass is 290 g/mol. The van der Waals surface area contributed by atoms with Crippen molar-refractivity contribution in [3.8, 4) is 0 Å². The molecule has 1 aromatic rings. The van der Waals surface area contributed by atoms with Crippen LogP contribution in [0.25, 0.3) is 0 Å².